The molecule has 2 aromatic heterocycles. The Balaban J connectivity index is 1.57. The number of allylic oxidation sites excluding steroid dienone is 1. The predicted octanol–water partition coefficient (Wildman–Crippen LogP) is 2.27. The maximum Gasteiger partial charge on any atom is 0.267 e. The fourth-order valence-electron chi connectivity index (χ4n) is 3.63. The van der Waals surface area contributed by atoms with Gasteiger partial charge in [0.15, 0.2) is 0 Å². The molecule has 0 saturated carbocycles. The van der Waals surface area contributed by atoms with Crippen LogP contribution in [0, 0.1) is 12.3 Å². The molecule has 0 bridgehead atoms. The Bertz CT molecular complexity index is 1220. The van der Waals surface area contributed by atoms with Gasteiger partial charge in [-0.05, 0) is 54.4 Å². The number of aromatic nitrogens is 2. The van der Waals surface area contributed by atoms with E-state index in [9.17, 15) is 14.7 Å². The number of carbonyl (C=O) groups excluding carboxylic acids is 2. The molecule has 0 aliphatic carbocycles. The first-order valence-electron chi connectivity index (χ1n) is 11.4. The molecule has 2 atom stereocenters. The number of pyridine rings is 2. The number of amides is 2. The molecule has 8 nitrogen and oxygen atoms in total. The van der Waals surface area contributed by atoms with Crippen LogP contribution in [0.25, 0.3) is 0 Å². The lowest BCUT2D eigenvalue weighted by Crippen LogP contribution is -2.35. The lowest BCUT2D eigenvalue weighted by Gasteiger charge is -2.21. The maximum atomic E-state index is 12.7. The van der Waals surface area contributed by atoms with Gasteiger partial charge >= 0.3 is 0 Å². The summed E-state index contributed by atoms with van der Waals surface area (Å²) in [7, 11) is 1.76. The number of carbonyl (C=O) groups is 2. The molecule has 184 valence electrons. The Morgan fingerprint density at radius 2 is 1.94 bits per heavy atom. The molecule has 0 spiro atoms. The second-order valence-electron chi connectivity index (χ2n) is 8.26. The lowest BCUT2D eigenvalue weighted by molar-refractivity contribution is 0.0784. The zero-order valence-electron chi connectivity index (χ0n) is 20.0. The molecule has 0 aliphatic rings. The van der Waals surface area contributed by atoms with Crippen LogP contribution in [-0.2, 0) is 13.0 Å². The number of aliphatic hydroxyl groups excluding tert-OH is 1. The van der Waals surface area contributed by atoms with Crippen LogP contribution in [-0.4, -0.2) is 51.4 Å². The molecule has 0 fully saturated rings. The molecule has 3 aromatic rings. The van der Waals surface area contributed by atoms with E-state index in [1.165, 1.54) is 18.3 Å². The quantitative estimate of drug-likeness (QED) is 0.360. The summed E-state index contributed by atoms with van der Waals surface area (Å²) in [6, 6.07) is 13.9. The minimum atomic E-state index is -0.931. The number of aliphatic hydroxyl groups is 1. The minimum absolute atomic E-state index is 0.0675. The van der Waals surface area contributed by atoms with E-state index in [0.29, 0.717) is 30.6 Å². The summed E-state index contributed by atoms with van der Waals surface area (Å²) in [5, 5.41) is 14.1. The van der Waals surface area contributed by atoms with E-state index < -0.39 is 18.1 Å². The third-order valence-corrected chi connectivity index (χ3v) is 5.60. The van der Waals surface area contributed by atoms with Crippen molar-refractivity contribution >= 4 is 11.8 Å². The molecule has 1 aromatic carbocycles. The van der Waals surface area contributed by atoms with Gasteiger partial charge in [0, 0.05) is 43.3 Å². The predicted molar refractivity (Wildman–Crippen MR) is 138 cm³/mol. The van der Waals surface area contributed by atoms with Crippen molar-refractivity contribution in [3.8, 4) is 12.3 Å². The highest BCUT2D eigenvalue weighted by molar-refractivity contribution is 5.94. The van der Waals surface area contributed by atoms with Gasteiger partial charge in [-0.3, -0.25) is 19.6 Å². The van der Waals surface area contributed by atoms with Crippen molar-refractivity contribution in [2.24, 2.45) is 5.73 Å². The summed E-state index contributed by atoms with van der Waals surface area (Å²) in [4.78, 5) is 33.7. The Morgan fingerprint density at radius 3 is 2.56 bits per heavy atom. The van der Waals surface area contributed by atoms with Crippen molar-refractivity contribution < 1.29 is 14.7 Å². The second kappa shape index (κ2) is 13.0. The lowest BCUT2D eigenvalue weighted by atomic mass is 10.0. The maximum absolute atomic E-state index is 12.7. The van der Waals surface area contributed by atoms with E-state index in [2.05, 4.69) is 21.2 Å². The molecule has 4 N–H and O–H groups in total. The normalized spacial score (nSPS) is 12.6. The first kappa shape index (κ1) is 26.3. The highest BCUT2D eigenvalue weighted by atomic mass is 16.3. The Kier molecular flexibility index (Phi) is 9.46. The number of benzene rings is 1. The van der Waals surface area contributed by atoms with Crippen molar-refractivity contribution in [2.45, 2.75) is 25.1 Å². The SMILES string of the molecule is C#CC=CC(NCCc1ccc(C(=O)N(C)Cc2cccnc2)cc1)C(O)c1ccc(C(N)=O)nc1. The molecule has 0 saturated heterocycles. The number of terminal acetylenes is 1. The van der Waals surface area contributed by atoms with Gasteiger partial charge in [0.2, 0.25) is 0 Å². The highest BCUT2D eigenvalue weighted by Crippen LogP contribution is 2.18. The number of nitrogens with zero attached hydrogens (tertiary/aromatic N) is 3. The third kappa shape index (κ3) is 7.34. The summed E-state index contributed by atoms with van der Waals surface area (Å²) in [5.41, 5.74) is 8.48. The first-order valence-corrected chi connectivity index (χ1v) is 11.4. The van der Waals surface area contributed by atoms with Crippen molar-refractivity contribution in [3.63, 3.8) is 0 Å². The van der Waals surface area contributed by atoms with Crippen molar-refractivity contribution in [2.75, 3.05) is 13.6 Å². The standard InChI is InChI=1S/C28H29N5O3/c1-3-4-7-24(26(34)23-12-13-25(27(29)35)32-18-23)31-16-14-20-8-10-22(11-9-20)28(36)33(2)19-21-6-5-15-30-17-21/h1,4-13,15,17-18,24,26,31,34H,14,16,19H2,2H3,(H2,29,35). The average molecular weight is 484 g/mol. The fraction of sp³-hybridized carbons (Fsp3) is 0.214. The van der Waals surface area contributed by atoms with Crippen LogP contribution in [0.5, 0.6) is 0 Å². The molecule has 36 heavy (non-hydrogen) atoms. The van der Waals surface area contributed by atoms with E-state index in [1.807, 2.05) is 36.4 Å². The highest BCUT2D eigenvalue weighted by Gasteiger charge is 2.19. The van der Waals surface area contributed by atoms with Gasteiger partial charge in [-0.2, -0.15) is 0 Å². The van der Waals surface area contributed by atoms with E-state index in [1.54, 1.807) is 36.5 Å². The second-order valence-corrected chi connectivity index (χ2v) is 8.26. The third-order valence-electron chi connectivity index (χ3n) is 5.60. The molecule has 0 radical (unpaired) electrons. The van der Waals surface area contributed by atoms with Crippen LogP contribution in [0.4, 0.5) is 0 Å². The zero-order chi connectivity index (χ0) is 25.9. The van der Waals surface area contributed by atoms with Gasteiger partial charge in [0.25, 0.3) is 11.8 Å². The first-order chi connectivity index (χ1) is 17.4. The Hall–Kier alpha value is -4.32. The Labute approximate surface area is 210 Å². The van der Waals surface area contributed by atoms with Gasteiger partial charge < -0.3 is 21.1 Å². The van der Waals surface area contributed by atoms with Crippen LogP contribution in [0.1, 0.15) is 43.6 Å². The molecule has 0 aliphatic heterocycles. The molecular formula is C28H29N5O3. The summed E-state index contributed by atoms with van der Waals surface area (Å²) < 4.78 is 0. The van der Waals surface area contributed by atoms with Crippen LogP contribution in [0.15, 0.2) is 79.3 Å². The summed E-state index contributed by atoms with van der Waals surface area (Å²) in [6.45, 7) is 1.03. The van der Waals surface area contributed by atoms with E-state index in [-0.39, 0.29) is 11.6 Å². The molecule has 8 heteroatoms. The number of nitrogens with two attached hydrogens (primary N) is 1. The van der Waals surface area contributed by atoms with Crippen LogP contribution < -0.4 is 11.1 Å². The van der Waals surface area contributed by atoms with Gasteiger partial charge in [-0.25, -0.2) is 0 Å². The molecular weight excluding hydrogens is 454 g/mol. The van der Waals surface area contributed by atoms with E-state index in [0.717, 1.165) is 11.1 Å². The fourth-order valence-corrected chi connectivity index (χ4v) is 3.63. The van der Waals surface area contributed by atoms with E-state index >= 15 is 0 Å². The molecule has 2 heterocycles. The average Bonchev–Trinajstić information content (AvgIpc) is 2.90. The number of nitrogens with one attached hydrogen (secondary N) is 1. The van der Waals surface area contributed by atoms with Crippen LogP contribution in [0.2, 0.25) is 0 Å². The summed E-state index contributed by atoms with van der Waals surface area (Å²) in [5.74, 6) is 1.73. The van der Waals surface area contributed by atoms with E-state index in [4.69, 9.17) is 12.2 Å². The summed E-state index contributed by atoms with van der Waals surface area (Å²) in [6.07, 6.45) is 13.2. The number of primary amides is 1. The number of hydrogen-bond donors (Lipinski definition) is 3. The van der Waals surface area contributed by atoms with Gasteiger partial charge in [0.05, 0.1) is 12.1 Å². The number of rotatable bonds is 11. The largest absolute Gasteiger partial charge is 0.386 e. The van der Waals surface area contributed by atoms with Gasteiger partial charge in [0.1, 0.15) is 5.69 Å². The summed E-state index contributed by atoms with van der Waals surface area (Å²) >= 11 is 0. The minimum Gasteiger partial charge on any atom is -0.386 e. The number of hydrogen-bond acceptors (Lipinski definition) is 6. The van der Waals surface area contributed by atoms with Gasteiger partial charge in [-0.15, -0.1) is 6.42 Å². The van der Waals surface area contributed by atoms with Gasteiger partial charge in [-0.1, -0.05) is 36.3 Å². The zero-order valence-corrected chi connectivity index (χ0v) is 20.0. The Morgan fingerprint density at radius 1 is 1.17 bits per heavy atom. The van der Waals surface area contributed by atoms with Crippen molar-refractivity contribution in [3.05, 3.63) is 107 Å². The van der Waals surface area contributed by atoms with Crippen LogP contribution >= 0.6 is 0 Å². The van der Waals surface area contributed by atoms with Crippen LogP contribution in [0.3, 0.4) is 0 Å². The molecule has 3 rings (SSSR count). The molecule has 2 amide bonds. The van der Waals surface area contributed by atoms with Crippen molar-refractivity contribution in [1.82, 2.24) is 20.2 Å². The van der Waals surface area contributed by atoms with Crippen molar-refractivity contribution in [1.29, 1.82) is 0 Å². The smallest absolute Gasteiger partial charge is 0.267 e. The monoisotopic (exact) mass is 483 g/mol. The topological polar surface area (TPSA) is 121 Å². The molecule has 2 unspecified atom stereocenters.